The maximum Gasteiger partial charge on any atom is -0.0352 e. The Balaban J connectivity index is 1.08. The molecule has 0 bridgehead atoms. The second-order valence-electron chi connectivity index (χ2n) is 9.39. The Kier molecular flexibility index (Phi) is 2.82. The first-order valence-corrected chi connectivity index (χ1v) is 9.81. The monoisotopic (exact) mass is 272 g/mol. The third-order valence-corrected chi connectivity index (χ3v) is 8.62. The summed E-state index contributed by atoms with van der Waals surface area (Å²) in [7, 11) is 0. The summed E-state index contributed by atoms with van der Waals surface area (Å²) in [6, 6.07) is 0. The zero-order valence-electron chi connectivity index (χ0n) is 13.3. The second-order valence-corrected chi connectivity index (χ2v) is 9.39. The molecule has 5 aliphatic carbocycles. The van der Waals surface area contributed by atoms with Crippen LogP contribution in [0.3, 0.4) is 0 Å². The van der Waals surface area contributed by atoms with E-state index in [-0.39, 0.29) is 0 Å². The molecule has 0 heterocycles. The van der Waals surface area contributed by atoms with E-state index in [1.165, 1.54) is 36.0 Å². The highest BCUT2D eigenvalue weighted by atomic mass is 14.6. The minimum Gasteiger partial charge on any atom is -0.0651 e. The Bertz CT molecular complexity index is 373. The van der Waals surface area contributed by atoms with Crippen LogP contribution in [0.4, 0.5) is 0 Å². The van der Waals surface area contributed by atoms with Crippen molar-refractivity contribution >= 4 is 0 Å². The first-order chi connectivity index (χ1) is 9.81. The van der Waals surface area contributed by atoms with Gasteiger partial charge in [0.25, 0.3) is 0 Å². The highest BCUT2D eigenvalue weighted by molar-refractivity contribution is 5.07. The van der Waals surface area contributed by atoms with Gasteiger partial charge < -0.3 is 0 Å². The van der Waals surface area contributed by atoms with Crippen LogP contribution in [0.25, 0.3) is 0 Å². The third kappa shape index (κ3) is 1.85. The molecule has 0 nitrogen and oxygen atoms in total. The molecule has 5 unspecified atom stereocenters. The maximum atomic E-state index is 2.39. The largest absolute Gasteiger partial charge is 0.0651 e. The molecular formula is C20H32. The number of fused-ring (bicyclic) bond motifs is 1. The molecule has 112 valence electrons. The predicted octanol–water partition coefficient (Wildman–Crippen LogP) is 5.52. The van der Waals surface area contributed by atoms with E-state index in [9.17, 15) is 0 Å². The SMILES string of the molecule is CCC1CC(C2CCC(C3CC(C4CC5CC54)C3)C2)C1. The first-order valence-electron chi connectivity index (χ1n) is 9.81. The Labute approximate surface area is 125 Å². The van der Waals surface area contributed by atoms with Gasteiger partial charge in [0.05, 0.1) is 0 Å². The summed E-state index contributed by atoms with van der Waals surface area (Å²) < 4.78 is 0. The van der Waals surface area contributed by atoms with Gasteiger partial charge in [-0.3, -0.25) is 0 Å². The van der Waals surface area contributed by atoms with Gasteiger partial charge in [-0.2, -0.15) is 0 Å². The molecule has 5 rings (SSSR count). The normalized spacial score (nSPS) is 60.1. The van der Waals surface area contributed by atoms with Gasteiger partial charge in [-0.1, -0.05) is 13.3 Å². The number of hydrogen-bond donors (Lipinski definition) is 0. The molecule has 0 aromatic carbocycles. The summed E-state index contributed by atoms with van der Waals surface area (Å²) >= 11 is 0. The van der Waals surface area contributed by atoms with E-state index >= 15 is 0 Å². The van der Waals surface area contributed by atoms with Crippen molar-refractivity contribution in [1.29, 1.82) is 0 Å². The summed E-state index contributed by atoms with van der Waals surface area (Å²) in [4.78, 5) is 0. The molecule has 5 fully saturated rings. The Morgan fingerprint density at radius 3 is 1.60 bits per heavy atom. The van der Waals surface area contributed by atoms with Crippen LogP contribution in [-0.2, 0) is 0 Å². The van der Waals surface area contributed by atoms with Crippen molar-refractivity contribution < 1.29 is 0 Å². The molecule has 0 heteroatoms. The molecule has 0 saturated heterocycles. The Morgan fingerprint density at radius 2 is 1.05 bits per heavy atom. The van der Waals surface area contributed by atoms with E-state index in [1.807, 2.05) is 0 Å². The van der Waals surface area contributed by atoms with Crippen molar-refractivity contribution in [1.82, 2.24) is 0 Å². The lowest BCUT2D eigenvalue weighted by atomic mass is 9.59. The van der Waals surface area contributed by atoms with Crippen molar-refractivity contribution in [2.75, 3.05) is 0 Å². The molecule has 0 aromatic heterocycles. The van der Waals surface area contributed by atoms with Gasteiger partial charge in [0.2, 0.25) is 0 Å². The lowest BCUT2D eigenvalue weighted by Gasteiger charge is -2.47. The van der Waals surface area contributed by atoms with Crippen molar-refractivity contribution in [2.24, 2.45) is 53.3 Å². The fourth-order valence-electron chi connectivity index (χ4n) is 6.79. The van der Waals surface area contributed by atoms with Crippen LogP contribution in [0.2, 0.25) is 0 Å². The quantitative estimate of drug-likeness (QED) is 0.632. The predicted molar refractivity (Wildman–Crippen MR) is 83.3 cm³/mol. The average Bonchev–Trinajstić information content (AvgIpc) is 2.77. The summed E-state index contributed by atoms with van der Waals surface area (Å²) in [5.74, 6) is 10.6. The van der Waals surface area contributed by atoms with Crippen LogP contribution in [0.5, 0.6) is 0 Å². The molecule has 0 radical (unpaired) electrons. The van der Waals surface area contributed by atoms with Gasteiger partial charge in [0, 0.05) is 0 Å². The lowest BCUT2D eigenvalue weighted by Crippen LogP contribution is -2.38. The summed E-state index contributed by atoms with van der Waals surface area (Å²) in [6.45, 7) is 2.39. The molecule has 0 amide bonds. The van der Waals surface area contributed by atoms with Crippen molar-refractivity contribution in [3.63, 3.8) is 0 Å². The van der Waals surface area contributed by atoms with Gasteiger partial charge in [0.1, 0.15) is 0 Å². The fraction of sp³-hybridized carbons (Fsp3) is 1.00. The molecule has 5 atom stereocenters. The lowest BCUT2D eigenvalue weighted by molar-refractivity contribution is 0.0304. The van der Waals surface area contributed by atoms with Crippen molar-refractivity contribution in [3.8, 4) is 0 Å². The molecule has 0 N–H and O–H groups in total. The Hall–Kier alpha value is 0. The molecule has 5 aliphatic rings. The zero-order chi connectivity index (χ0) is 13.3. The Morgan fingerprint density at radius 1 is 0.550 bits per heavy atom. The molecule has 0 aromatic rings. The van der Waals surface area contributed by atoms with Crippen LogP contribution < -0.4 is 0 Å². The second kappa shape index (κ2) is 4.50. The van der Waals surface area contributed by atoms with E-state index < -0.39 is 0 Å². The van der Waals surface area contributed by atoms with Crippen LogP contribution in [0.1, 0.15) is 71.1 Å². The topological polar surface area (TPSA) is 0 Å². The van der Waals surface area contributed by atoms with Gasteiger partial charge in [-0.25, -0.2) is 0 Å². The van der Waals surface area contributed by atoms with Gasteiger partial charge in [0.15, 0.2) is 0 Å². The van der Waals surface area contributed by atoms with E-state index in [0.29, 0.717) is 0 Å². The van der Waals surface area contributed by atoms with Crippen molar-refractivity contribution in [3.05, 3.63) is 0 Å². The van der Waals surface area contributed by atoms with Gasteiger partial charge in [-0.05, 0) is 111 Å². The average molecular weight is 272 g/mol. The highest BCUT2D eigenvalue weighted by Gasteiger charge is 2.58. The standard InChI is InChI=1S/C20H32/c1-2-12-5-15(6-12)13-3-4-14(7-13)16-8-17(9-16)19-10-18-11-20(18)19/h12-20H,2-11H2,1H3. The number of rotatable bonds is 4. The summed E-state index contributed by atoms with van der Waals surface area (Å²) in [6.07, 6.45) is 16.0. The van der Waals surface area contributed by atoms with Crippen LogP contribution in [-0.4, -0.2) is 0 Å². The molecular weight excluding hydrogens is 240 g/mol. The third-order valence-electron chi connectivity index (χ3n) is 8.62. The molecule has 0 spiro atoms. The fourth-order valence-corrected chi connectivity index (χ4v) is 6.79. The molecule has 20 heavy (non-hydrogen) atoms. The molecule has 0 aliphatic heterocycles. The minimum atomic E-state index is 1.11. The van der Waals surface area contributed by atoms with E-state index in [0.717, 1.165) is 23.7 Å². The van der Waals surface area contributed by atoms with E-state index in [4.69, 9.17) is 0 Å². The van der Waals surface area contributed by atoms with Crippen molar-refractivity contribution in [2.45, 2.75) is 71.1 Å². The number of hydrogen-bond acceptors (Lipinski definition) is 0. The van der Waals surface area contributed by atoms with Crippen LogP contribution in [0, 0.1) is 53.3 Å². The zero-order valence-corrected chi connectivity index (χ0v) is 13.3. The van der Waals surface area contributed by atoms with Crippen LogP contribution >= 0.6 is 0 Å². The minimum absolute atomic E-state index is 1.11. The molecule has 5 saturated carbocycles. The highest BCUT2D eigenvalue weighted by Crippen LogP contribution is 2.66. The summed E-state index contributed by atoms with van der Waals surface area (Å²) in [5, 5.41) is 0. The van der Waals surface area contributed by atoms with E-state index in [1.54, 1.807) is 57.8 Å². The smallest absolute Gasteiger partial charge is 0.0352 e. The van der Waals surface area contributed by atoms with Gasteiger partial charge >= 0.3 is 0 Å². The first kappa shape index (κ1) is 12.5. The van der Waals surface area contributed by atoms with Crippen LogP contribution in [0.15, 0.2) is 0 Å². The van der Waals surface area contributed by atoms with E-state index in [2.05, 4.69) is 6.92 Å². The van der Waals surface area contributed by atoms with Gasteiger partial charge in [-0.15, -0.1) is 0 Å². The summed E-state index contributed by atoms with van der Waals surface area (Å²) in [5.41, 5.74) is 0. The maximum absolute atomic E-state index is 2.39.